The summed E-state index contributed by atoms with van der Waals surface area (Å²) in [7, 11) is 0. The maximum Gasteiger partial charge on any atom is 0.240 e. The van der Waals surface area contributed by atoms with Gasteiger partial charge in [-0.2, -0.15) is 4.98 Å². The second kappa shape index (κ2) is 6.20. The molecule has 0 bridgehead atoms. The number of ether oxygens (including phenoxy) is 1. The van der Waals surface area contributed by atoms with Crippen molar-refractivity contribution in [1.82, 2.24) is 20.4 Å². The van der Waals surface area contributed by atoms with Crippen LogP contribution in [-0.4, -0.2) is 46.8 Å². The van der Waals surface area contributed by atoms with Gasteiger partial charge in [0.1, 0.15) is 6.10 Å². The van der Waals surface area contributed by atoms with Crippen LogP contribution in [0, 0.1) is 0 Å². The molecule has 1 N–H and O–H groups in total. The molecule has 1 aromatic rings. The van der Waals surface area contributed by atoms with Gasteiger partial charge in [-0.05, 0) is 32.7 Å². The molecule has 0 aromatic carbocycles. The van der Waals surface area contributed by atoms with Crippen LogP contribution in [0.25, 0.3) is 0 Å². The summed E-state index contributed by atoms with van der Waals surface area (Å²) in [6, 6.07) is 1.06. The molecule has 20 heavy (non-hydrogen) atoms. The van der Waals surface area contributed by atoms with E-state index in [1.807, 2.05) is 0 Å². The minimum absolute atomic E-state index is 0.0366. The van der Waals surface area contributed by atoms with Gasteiger partial charge in [-0.15, -0.1) is 0 Å². The van der Waals surface area contributed by atoms with Gasteiger partial charge in [-0.25, -0.2) is 0 Å². The van der Waals surface area contributed by atoms with Gasteiger partial charge in [0.2, 0.25) is 11.7 Å². The van der Waals surface area contributed by atoms with E-state index in [2.05, 4.69) is 34.2 Å². The van der Waals surface area contributed by atoms with Gasteiger partial charge in [-0.3, -0.25) is 4.90 Å². The molecule has 0 spiro atoms. The Morgan fingerprint density at radius 2 is 2.40 bits per heavy atom. The fourth-order valence-electron chi connectivity index (χ4n) is 2.85. The van der Waals surface area contributed by atoms with Crippen molar-refractivity contribution in [3.8, 4) is 0 Å². The third kappa shape index (κ3) is 3.02. The number of fused-ring (bicyclic) bond motifs is 1. The normalized spacial score (nSPS) is 28.5. The summed E-state index contributed by atoms with van der Waals surface area (Å²) >= 11 is 0. The Morgan fingerprint density at radius 1 is 1.50 bits per heavy atom. The molecule has 3 rings (SSSR count). The molecule has 2 saturated heterocycles. The zero-order valence-electron chi connectivity index (χ0n) is 12.3. The minimum Gasteiger partial charge on any atom is -0.367 e. The monoisotopic (exact) mass is 280 g/mol. The summed E-state index contributed by atoms with van der Waals surface area (Å²) in [5.41, 5.74) is 0. The van der Waals surface area contributed by atoms with Crippen LogP contribution in [0.2, 0.25) is 0 Å². The van der Waals surface area contributed by atoms with Crippen LogP contribution < -0.4 is 5.32 Å². The van der Waals surface area contributed by atoms with Crippen LogP contribution in [-0.2, 0) is 11.3 Å². The zero-order valence-corrected chi connectivity index (χ0v) is 12.3. The van der Waals surface area contributed by atoms with E-state index in [4.69, 9.17) is 9.26 Å². The minimum atomic E-state index is -0.0366. The average molecular weight is 280 g/mol. The molecule has 0 aliphatic carbocycles. The van der Waals surface area contributed by atoms with Gasteiger partial charge < -0.3 is 14.6 Å². The predicted octanol–water partition coefficient (Wildman–Crippen LogP) is 1.49. The molecule has 0 saturated carbocycles. The number of nitrogens with one attached hydrogen (secondary N) is 1. The Hall–Kier alpha value is -0.980. The molecule has 6 heteroatoms. The molecule has 3 unspecified atom stereocenters. The van der Waals surface area contributed by atoms with Gasteiger partial charge in [0.15, 0.2) is 0 Å². The Bertz CT molecular complexity index is 437. The molecule has 3 atom stereocenters. The van der Waals surface area contributed by atoms with Gasteiger partial charge in [0.05, 0.1) is 13.2 Å². The number of nitrogens with zero attached hydrogens (tertiary/aromatic N) is 3. The van der Waals surface area contributed by atoms with Crippen molar-refractivity contribution in [3.63, 3.8) is 0 Å². The van der Waals surface area contributed by atoms with E-state index in [1.165, 1.54) is 19.4 Å². The van der Waals surface area contributed by atoms with Crippen molar-refractivity contribution in [3.05, 3.63) is 11.7 Å². The molecule has 112 valence electrons. The first-order valence-corrected chi connectivity index (χ1v) is 7.67. The van der Waals surface area contributed by atoms with Crippen molar-refractivity contribution in [2.24, 2.45) is 0 Å². The van der Waals surface area contributed by atoms with E-state index in [0.717, 1.165) is 19.6 Å². The lowest BCUT2D eigenvalue weighted by Crippen LogP contribution is -2.42. The molecular formula is C14H24N4O2. The first kappa shape index (κ1) is 14.0. The third-order valence-electron chi connectivity index (χ3n) is 4.38. The lowest BCUT2D eigenvalue weighted by Gasteiger charge is -2.33. The van der Waals surface area contributed by atoms with E-state index in [9.17, 15) is 0 Å². The molecule has 6 nitrogen and oxygen atoms in total. The van der Waals surface area contributed by atoms with Gasteiger partial charge in [-0.1, -0.05) is 12.1 Å². The topological polar surface area (TPSA) is 63.4 Å². The number of morpholine rings is 1. The van der Waals surface area contributed by atoms with E-state index >= 15 is 0 Å². The molecule has 0 amide bonds. The largest absolute Gasteiger partial charge is 0.367 e. The fourth-order valence-corrected chi connectivity index (χ4v) is 2.85. The summed E-state index contributed by atoms with van der Waals surface area (Å²) in [4.78, 5) is 6.95. The summed E-state index contributed by atoms with van der Waals surface area (Å²) in [6.45, 7) is 7.78. The van der Waals surface area contributed by atoms with E-state index in [-0.39, 0.29) is 6.10 Å². The quantitative estimate of drug-likeness (QED) is 0.881. The zero-order chi connectivity index (χ0) is 13.9. The van der Waals surface area contributed by atoms with Crippen molar-refractivity contribution in [2.45, 2.75) is 57.8 Å². The van der Waals surface area contributed by atoms with E-state index < -0.39 is 0 Å². The van der Waals surface area contributed by atoms with Gasteiger partial charge in [0, 0.05) is 18.6 Å². The predicted molar refractivity (Wildman–Crippen MR) is 74.2 cm³/mol. The van der Waals surface area contributed by atoms with Crippen molar-refractivity contribution in [1.29, 1.82) is 0 Å². The lowest BCUT2D eigenvalue weighted by atomic mass is 10.2. The third-order valence-corrected chi connectivity index (χ3v) is 4.38. The Morgan fingerprint density at radius 3 is 3.25 bits per heavy atom. The van der Waals surface area contributed by atoms with E-state index in [1.54, 1.807) is 0 Å². The van der Waals surface area contributed by atoms with Crippen LogP contribution in [0.15, 0.2) is 4.52 Å². The van der Waals surface area contributed by atoms with Gasteiger partial charge in [0.25, 0.3) is 0 Å². The second-order valence-corrected chi connectivity index (χ2v) is 5.85. The van der Waals surface area contributed by atoms with Crippen molar-refractivity contribution in [2.75, 3.05) is 19.7 Å². The molecule has 1 aromatic heterocycles. The highest BCUT2D eigenvalue weighted by atomic mass is 16.5. The van der Waals surface area contributed by atoms with Gasteiger partial charge >= 0.3 is 0 Å². The van der Waals surface area contributed by atoms with Crippen molar-refractivity contribution < 1.29 is 9.26 Å². The standard InChI is InChI=1S/C14H24N4O2/c1-3-10(2)15-7-13-16-14(17-20-13)12-8-18-6-4-5-11(18)9-19-12/h10-12,15H,3-9H2,1-2H3. The van der Waals surface area contributed by atoms with Crippen LogP contribution in [0.4, 0.5) is 0 Å². The Labute approximate surface area is 119 Å². The summed E-state index contributed by atoms with van der Waals surface area (Å²) in [5, 5.41) is 7.43. The summed E-state index contributed by atoms with van der Waals surface area (Å²) in [6.07, 6.45) is 3.58. The lowest BCUT2D eigenvalue weighted by molar-refractivity contribution is -0.0548. The number of hydrogen-bond donors (Lipinski definition) is 1. The van der Waals surface area contributed by atoms with Crippen molar-refractivity contribution >= 4 is 0 Å². The molecule has 0 radical (unpaired) electrons. The molecule has 2 aliphatic heterocycles. The molecule has 3 heterocycles. The fraction of sp³-hybridized carbons (Fsp3) is 0.857. The second-order valence-electron chi connectivity index (χ2n) is 5.85. The first-order valence-electron chi connectivity index (χ1n) is 7.67. The number of aromatic nitrogens is 2. The highest BCUT2D eigenvalue weighted by Gasteiger charge is 2.34. The smallest absolute Gasteiger partial charge is 0.240 e. The Kier molecular flexibility index (Phi) is 4.33. The highest BCUT2D eigenvalue weighted by molar-refractivity contribution is 4.97. The molecule has 2 fully saturated rings. The molecule has 2 aliphatic rings. The maximum absolute atomic E-state index is 5.89. The molecular weight excluding hydrogens is 256 g/mol. The SMILES string of the molecule is CCC(C)NCc1nc(C2CN3CCCC3CO2)no1. The number of rotatable bonds is 5. The summed E-state index contributed by atoms with van der Waals surface area (Å²) in [5.74, 6) is 1.34. The van der Waals surface area contributed by atoms with Crippen LogP contribution >= 0.6 is 0 Å². The van der Waals surface area contributed by atoms with Crippen LogP contribution in [0.1, 0.15) is 50.9 Å². The first-order chi connectivity index (χ1) is 9.76. The Balaban J connectivity index is 1.56. The van der Waals surface area contributed by atoms with E-state index in [0.29, 0.717) is 30.3 Å². The number of hydrogen-bond acceptors (Lipinski definition) is 6. The summed E-state index contributed by atoms with van der Waals surface area (Å²) < 4.78 is 11.2. The highest BCUT2D eigenvalue weighted by Crippen LogP contribution is 2.28. The van der Waals surface area contributed by atoms with Crippen LogP contribution in [0.5, 0.6) is 0 Å². The maximum atomic E-state index is 5.89. The van der Waals surface area contributed by atoms with Crippen LogP contribution in [0.3, 0.4) is 0 Å². The average Bonchev–Trinajstić information content (AvgIpc) is 3.12.